The highest BCUT2D eigenvalue weighted by Crippen LogP contribution is 2.15. The maximum atomic E-state index is 10.5. The van der Waals surface area contributed by atoms with Gasteiger partial charge in [0, 0.05) is 12.6 Å². The van der Waals surface area contributed by atoms with Crippen molar-refractivity contribution in [1.29, 1.82) is 0 Å². The molecule has 0 amide bonds. The number of nitro groups is 1. The molecule has 102 valence electrons. The monoisotopic (exact) mass is 255 g/mol. The van der Waals surface area contributed by atoms with Gasteiger partial charge in [0.1, 0.15) is 10.7 Å². The topological polar surface area (TPSA) is 71.5 Å². The lowest BCUT2D eigenvalue weighted by atomic mass is 10.0. The zero-order valence-corrected chi connectivity index (χ0v) is 11.3. The molecule has 0 fully saturated rings. The van der Waals surface area contributed by atoms with Crippen LogP contribution in [0.15, 0.2) is 16.5 Å². The lowest BCUT2D eigenvalue weighted by Crippen LogP contribution is -2.41. The van der Waals surface area contributed by atoms with Gasteiger partial charge in [0.15, 0.2) is 0 Å². The van der Waals surface area contributed by atoms with E-state index in [1.54, 1.807) is 6.07 Å². The van der Waals surface area contributed by atoms with Crippen LogP contribution in [0.25, 0.3) is 0 Å². The predicted octanol–water partition coefficient (Wildman–Crippen LogP) is 1.86. The molecule has 1 unspecified atom stereocenters. The van der Waals surface area contributed by atoms with Crippen LogP contribution >= 0.6 is 0 Å². The second kappa shape index (κ2) is 6.51. The second-order valence-electron chi connectivity index (χ2n) is 4.90. The molecule has 0 bridgehead atoms. The Bertz CT molecular complexity index is 380. The number of likely N-dealkylation sites (N-methyl/N-ethyl adjacent to an activating group) is 1. The van der Waals surface area contributed by atoms with Crippen molar-refractivity contribution in [2.45, 2.75) is 26.4 Å². The van der Waals surface area contributed by atoms with Gasteiger partial charge in [-0.3, -0.25) is 10.1 Å². The Labute approximate surface area is 107 Å². The molecule has 1 heterocycles. The van der Waals surface area contributed by atoms with Crippen molar-refractivity contribution >= 4 is 5.88 Å². The fourth-order valence-electron chi connectivity index (χ4n) is 1.92. The molecule has 0 aromatic carbocycles. The maximum Gasteiger partial charge on any atom is 0.433 e. The summed E-state index contributed by atoms with van der Waals surface area (Å²) in [6.45, 7) is 5.66. The number of hydrogen-bond donors (Lipinski definition) is 1. The Morgan fingerprint density at radius 1 is 1.44 bits per heavy atom. The first-order chi connectivity index (χ1) is 8.41. The minimum absolute atomic E-state index is 0.209. The molecule has 0 aliphatic rings. The van der Waals surface area contributed by atoms with Gasteiger partial charge in [0.2, 0.25) is 0 Å². The van der Waals surface area contributed by atoms with E-state index in [4.69, 9.17) is 4.42 Å². The van der Waals surface area contributed by atoms with Crippen LogP contribution in [0.2, 0.25) is 0 Å². The van der Waals surface area contributed by atoms with Crippen LogP contribution in [-0.2, 0) is 6.54 Å². The average Bonchev–Trinajstić information content (AvgIpc) is 2.71. The number of hydrogen-bond acceptors (Lipinski definition) is 5. The van der Waals surface area contributed by atoms with Crippen molar-refractivity contribution in [3.63, 3.8) is 0 Å². The van der Waals surface area contributed by atoms with Gasteiger partial charge in [0.05, 0.1) is 12.6 Å². The Morgan fingerprint density at radius 2 is 2.11 bits per heavy atom. The zero-order chi connectivity index (χ0) is 13.7. The van der Waals surface area contributed by atoms with Gasteiger partial charge >= 0.3 is 5.88 Å². The normalized spacial score (nSPS) is 13.2. The summed E-state index contributed by atoms with van der Waals surface area (Å²) in [7, 11) is 4.09. The van der Waals surface area contributed by atoms with E-state index >= 15 is 0 Å². The largest absolute Gasteiger partial charge is 0.433 e. The van der Waals surface area contributed by atoms with E-state index < -0.39 is 4.92 Å². The Hall–Kier alpha value is -1.40. The summed E-state index contributed by atoms with van der Waals surface area (Å²) in [5, 5.41) is 13.7. The van der Waals surface area contributed by atoms with Gasteiger partial charge in [-0.25, -0.2) is 0 Å². The van der Waals surface area contributed by atoms with E-state index in [2.05, 4.69) is 24.1 Å². The number of nitrogens with one attached hydrogen (secondary N) is 1. The fourth-order valence-corrected chi connectivity index (χ4v) is 1.92. The third-order valence-electron chi connectivity index (χ3n) is 2.91. The number of furan rings is 1. The smallest absolute Gasteiger partial charge is 0.404 e. The molecule has 0 aliphatic heterocycles. The highest BCUT2D eigenvalue weighted by atomic mass is 16.6. The van der Waals surface area contributed by atoms with Gasteiger partial charge in [-0.15, -0.1) is 0 Å². The van der Waals surface area contributed by atoms with Crippen molar-refractivity contribution in [1.82, 2.24) is 10.2 Å². The maximum absolute atomic E-state index is 10.5. The van der Waals surface area contributed by atoms with Gasteiger partial charge in [-0.1, -0.05) is 13.8 Å². The summed E-state index contributed by atoms with van der Waals surface area (Å²) < 4.78 is 5.07. The molecule has 1 N–H and O–H groups in total. The summed E-state index contributed by atoms with van der Waals surface area (Å²) in [5.41, 5.74) is 0. The third-order valence-corrected chi connectivity index (χ3v) is 2.91. The Kier molecular flexibility index (Phi) is 5.30. The first kappa shape index (κ1) is 14.7. The van der Waals surface area contributed by atoms with Crippen LogP contribution in [-0.4, -0.2) is 36.5 Å². The first-order valence-corrected chi connectivity index (χ1v) is 6.02. The van der Waals surface area contributed by atoms with E-state index in [-0.39, 0.29) is 5.88 Å². The van der Waals surface area contributed by atoms with E-state index in [1.807, 2.05) is 14.1 Å². The van der Waals surface area contributed by atoms with Crippen LogP contribution in [0.4, 0.5) is 5.88 Å². The van der Waals surface area contributed by atoms with Gasteiger partial charge < -0.3 is 14.6 Å². The molecule has 18 heavy (non-hydrogen) atoms. The van der Waals surface area contributed by atoms with Crippen molar-refractivity contribution in [2.24, 2.45) is 5.92 Å². The minimum Gasteiger partial charge on any atom is -0.404 e. The molecule has 0 aliphatic carbocycles. The van der Waals surface area contributed by atoms with Crippen molar-refractivity contribution in [3.8, 4) is 0 Å². The number of nitrogens with zero attached hydrogens (tertiary/aromatic N) is 2. The molecule has 1 aromatic rings. The highest BCUT2D eigenvalue weighted by molar-refractivity contribution is 5.17. The molecule has 1 aromatic heterocycles. The van der Waals surface area contributed by atoms with E-state index in [9.17, 15) is 10.1 Å². The Morgan fingerprint density at radius 3 is 2.56 bits per heavy atom. The van der Waals surface area contributed by atoms with Gasteiger partial charge in [-0.2, -0.15) is 0 Å². The average molecular weight is 255 g/mol. The molecule has 1 atom stereocenters. The first-order valence-electron chi connectivity index (χ1n) is 6.02. The van der Waals surface area contributed by atoms with E-state index in [0.717, 1.165) is 6.54 Å². The van der Waals surface area contributed by atoms with Crippen LogP contribution in [0.1, 0.15) is 19.6 Å². The fraction of sp³-hybridized carbons (Fsp3) is 0.667. The molecular weight excluding hydrogens is 234 g/mol. The summed E-state index contributed by atoms with van der Waals surface area (Å²) in [6.07, 6.45) is 0. The number of rotatable bonds is 7. The van der Waals surface area contributed by atoms with Crippen molar-refractivity contribution in [3.05, 3.63) is 28.0 Å². The summed E-state index contributed by atoms with van der Waals surface area (Å²) in [4.78, 5) is 12.1. The Balaban J connectivity index is 2.42. The molecular formula is C12H21N3O3. The lowest BCUT2D eigenvalue weighted by Gasteiger charge is -2.28. The minimum atomic E-state index is -0.528. The molecule has 6 heteroatoms. The van der Waals surface area contributed by atoms with E-state index in [0.29, 0.717) is 24.3 Å². The van der Waals surface area contributed by atoms with Gasteiger partial charge in [0.25, 0.3) is 0 Å². The summed E-state index contributed by atoms with van der Waals surface area (Å²) in [5.74, 6) is 0.918. The molecule has 0 radical (unpaired) electrons. The second-order valence-corrected chi connectivity index (χ2v) is 4.90. The quantitative estimate of drug-likeness (QED) is 0.595. The van der Waals surface area contributed by atoms with Crippen molar-refractivity contribution in [2.75, 3.05) is 20.6 Å². The molecule has 6 nitrogen and oxygen atoms in total. The molecule has 1 rings (SSSR count). The third kappa shape index (κ3) is 4.12. The lowest BCUT2D eigenvalue weighted by molar-refractivity contribution is -0.402. The highest BCUT2D eigenvalue weighted by Gasteiger charge is 2.16. The standard InChI is InChI=1S/C12H21N3O3/c1-9(2)11(14(3)4)8-13-7-10-5-6-12(18-10)15(16)17/h5-6,9,11,13H,7-8H2,1-4H3. The SMILES string of the molecule is CC(C)C(CNCc1ccc([N+](=O)[O-])o1)N(C)C. The van der Waals surface area contributed by atoms with Crippen molar-refractivity contribution < 1.29 is 9.34 Å². The zero-order valence-electron chi connectivity index (χ0n) is 11.3. The molecule has 0 saturated heterocycles. The van der Waals surface area contributed by atoms with E-state index in [1.165, 1.54) is 6.07 Å². The molecule has 0 spiro atoms. The van der Waals surface area contributed by atoms with Crippen LogP contribution < -0.4 is 5.32 Å². The van der Waals surface area contributed by atoms with Crippen LogP contribution in [0.5, 0.6) is 0 Å². The summed E-state index contributed by atoms with van der Waals surface area (Å²) in [6, 6.07) is 3.43. The summed E-state index contributed by atoms with van der Waals surface area (Å²) >= 11 is 0. The van der Waals surface area contributed by atoms with Crippen LogP contribution in [0, 0.1) is 16.0 Å². The predicted molar refractivity (Wildman–Crippen MR) is 69.4 cm³/mol. The van der Waals surface area contributed by atoms with Gasteiger partial charge in [-0.05, 0) is 26.1 Å². The molecule has 0 saturated carbocycles. The van der Waals surface area contributed by atoms with Crippen LogP contribution in [0.3, 0.4) is 0 Å².